The average molecular weight is 374 g/mol. The zero-order chi connectivity index (χ0) is 19.3. The third-order valence-electron chi connectivity index (χ3n) is 5.33. The summed E-state index contributed by atoms with van der Waals surface area (Å²) in [4.78, 5) is 21.6. The van der Waals surface area contributed by atoms with E-state index in [4.69, 9.17) is 0 Å². The van der Waals surface area contributed by atoms with Gasteiger partial charge in [-0.2, -0.15) is 0 Å². The van der Waals surface area contributed by atoms with Crippen molar-refractivity contribution < 1.29 is 4.79 Å². The molecule has 4 rings (SSSR count). The van der Waals surface area contributed by atoms with Gasteiger partial charge in [-0.1, -0.05) is 48.0 Å². The number of rotatable bonds is 5. The third kappa shape index (κ3) is 4.15. The smallest absolute Gasteiger partial charge is 0.253 e. The van der Waals surface area contributed by atoms with Gasteiger partial charge in [0.25, 0.3) is 5.91 Å². The second kappa shape index (κ2) is 8.40. The molecule has 2 heterocycles. The molecule has 3 aromatic rings. The molecule has 0 atom stereocenters. The second-order valence-corrected chi connectivity index (χ2v) is 7.31. The minimum atomic E-state index is 0.143. The zero-order valence-corrected chi connectivity index (χ0v) is 16.3. The molecule has 28 heavy (non-hydrogen) atoms. The van der Waals surface area contributed by atoms with Crippen LogP contribution in [-0.4, -0.2) is 58.0 Å². The van der Waals surface area contributed by atoms with Gasteiger partial charge in [-0.3, -0.25) is 9.69 Å². The second-order valence-electron chi connectivity index (χ2n) is 7.31. The number of imidazole rings is 1. The highest BCUT2D eigenvalue weighted by atomic mass is 16.2. The molecule has 1 aliphatic rings. The van der Waals surface area contributed by atoms with Gasteiger partial charge in [0, 0.05) is 62.8 Å². The van der Waals surface area contributed by atoms with Crippen LogP contribution in [0.4, 0.5) is 0 Å². The van der Waals surface area contributed by atoms with Crippen LogP contribution in [0.1, 0.15) is 15.9 Å². The van der Waals surface area contributed by atoms with Gasteiger partial charge < -0.3 is 9.47 Å². The van der Waals surface area contributed by atoms with Crippen molar-refractivity contribution in [3.05, 3.63) is 78.1 Å². The zero-order valence-electron chi connectivity index (χ0n) is 16.3. The van der Waals surface area contributed by atoms with Crippen molar-refractivity contribution in [1.29, 1.82) is 0 Å². The predicted molar refractivity (Wildman–Crippen MR) is 111 cm³/mol. The molecular weight excluding hydrogens is 348 g/mol. The molecule has 2 aromatic carbocycles. The van der Waals surface area contributed by atoms with Crippen LogP contribution in [0.2, 0.25) is 0 Å². The summed E-state index contributed by atoms with van der Waals surface area (Å²) < 4.78 is 2.21. The summed E-state index contributed by atoms with van der Waals surface area (Å²) in [7, 11) is 0. The van der Waals surface area contributed by atoms with Crippen LogP contribution in [0, 0.1) is 6.92 Å². The number of carbonyl (C=O) groups is 1. The summed E-state index contributed by atoms with van der Waals surface area (Å²) in [6.45, 7) is 7.26. The van der Waals surface area contributed by atoms with Crippen molar-refractivity contribution in [1.82, 2.24) is 19.4 Å². The van der Waals surface area contributed by atoms with E-state index in [1.54, 1.807) is 0 Å². The SMILES string of the molecule is Cc1cccc(C(=O)N2CCN(CCn3ccnc3-c3ccccc3)CC2)c1. The van der Waals surface area contributed by atoms with Crippen molar-refractivity contribution >= 4 is 5.91 Å². The first kappa shape index (κ1) is 18.4. The average Bonchev–Trinajstić information content (AvgIpc) is 3.21. The van der Waals surface area contributed by atoms with Gasteiger partial charge >= 0.3 is 0 Å². The molecule has 0 bridgehead atoms. The number of aromatic nitrogens is 2. The number of piperazine rings is 1. The van der Waals surface area contributed by atoms with E-state index >= 15 is 0 Å². The molecule has 1 fully saturated rings. The third-order valence-corrected chi connectivity index (χ3v) is 5.33. The Kier molecular flexibility index (Phi) is 5.53. The largest absolute Gasteiger partial charge is 0.336 e. The first-order valence-corrected chi connectivity index (χ1v) is 9.85. The summed E-state index contributed by atoms with van der Waals surface area (Å²) in [5, 5.41) is 0. The normalized spacial score (nSPS) is 15.0. The van der Waals surface area contributed by atoms with Gasteiger partial charge in [0.1, 0.15) is 5.82 Å². The molecule has 1 amide bonds. The number of amides is 1. The van der Waals surface area contributed by atoms with Crippen LogP contribution in [-0.2, 0) is 6.54 Å². The van der Waals surface area contributed by atoms with Crippen molar-refractivity contribution in [3.63, 3.8) is 0 Å². The summed E-state index contributed by atoms with van der Waals surface area (Å²) in [6, 6.07) is 18.1. The lowest BCUT2D eigenvalue weighted by molar-refractivity contribution is 0.0633. The maximum Gasteiger partial charge on any atom is 0.253 e. The quantitative estimate of drug-likeness (QED) is 0.688. The lowest BCUT2D eigenvalue weighted by Gasteiger charge is -2.35. The minimum absolute atomic E-state index is 0.143. The monoisotopic (exact) mass is 374 g/mol. The number of carbonyl (C=O) groups excluding carboxylic acids is 1. The highest BCUT2D eigenvalue weighted by molar-refractivity contribution is 5.94. The lowest BCUT2D eigenvalue weighted by Crippen LogP contribution is -2.49. The first-order chi connectivity index (χ1) is 13.7. The predicted octanol–water partition coefficient (Wildman–Crippen LogP) is 3.32. The van der Waals surface area contributed by atoms with Crippen LogP contribution in [0.3, 0.4) is 0 Å². The van der Waals surface area contributed by atoms with Gasteiger partial charge in [-0.25, -0.2) is 4.98 Å². The van der Waals surface area contributed by atoms with Crippen molar-refractivity contribution in [3.8, 4) is 11.4 Å². The standard InChI is InChI=1S/C23H26N4O/c1-19-6-5-9-21(18-19)23(28)27-16-13-25(14-17-27)12-15-26-11-10-24-22(26)20-7-3-2-4-8-20/h2-11,18H,12-17H2,1H3. The van der Waals surface area contributed by atoms with Gasteiger partial charge in [0.15, 0.2) is 0 Å². The van der Waals surface area contributed by atoms with E-state index in [1.165, 1.54) is 0 Å². The van der Waals surface area contributed by atoms with E-state index in [9.17, 15) is 4.79 Å². The van der Waals surface area contributed by atoms with Gasteiger partial charge in [0.05, 0.1) is 0 Å². The Balaban J connectivity index is 1.31. The molecule has 0 radical (unpaired) electrons. The number of benzene rings is 2. The van der Waals surface area contributed by atoms with Crippen molar-refractivity contribution in [2.24, 2.45) is 0 Å². The van der Waals surface area contributed by atoms with E-state index in [2.05, 4.69) is 26.6 Å². The maximum atomic E-state index is 12.7. The molecule has 0 N–H and O–H groups in total. The Hall–Kier alpha value is -2.92. The fraction of sp³-hybridized carbons (Fsp3) is 0.304. The number of hydrogen-bond donors (Lipinski definition) is 0. The molecule has 1 aromatic heterocycles. The molecule has 5 heteroatoms. The highest BCUT2D eigenvalue weighted by Crippen LogP contribution is 2.17. The van der Waals surface area contributed by atoms with Gasteiger partial charge in [-0.05, 0) is 19.1 Å². The summed E-state index contributed by atoms with van der Waals surface area (Å²) in [5.41, 5.74) is 3.06. The molecule has 5 nitrogen and oxygen atoms in total. The molecule has 1 saturated heterocycles. The molecule has 0 saturated carbocycles. The Morgan fingerprint density at radius 3 is 2.50 bits per heavy atom. The molecule has 0 spiro atoms. The van der Waals surface area contributed by atoms with Gasteiger partial charge in [-0.15, -0.1) is 0 Å². The lowest BCUT2D eigenvalue weighted by atomic mass is 10.1. The summed E-state index contributed by atoms with van der Waals surface area (Å²) >= 11 is 0. The highest BCUT2D eigenvalue weighted by Gasteiger charge is 2.22. The molecule has 144 valence electrons. The van der Waals surface area contributed by atoms with E-state index in [0.717, 1.165) is 61.8 Å². The van der Waals surface area contributed by atoms with Crippen LogP contribution < -0.4 is 0 Å². The van der Waals surface area contributed by atoms with Crippen LogP contribution >= 0.6 is 0 Å². The van der Waals surface area contributed by atoms with E-state index in [-0.39, 0.29) is 5.91 Å². The molecule has 0 unspecified atom stereocenters. The fourth-order valence-electron chi connectivity index (χ4n) is 3.72. The summed E-state index contributed by atoms with van der Waals surface area (Å²) in [6.07, 6.45) is 3.90. The van der Waals surface area contributed by atoms with Crippen molar-refractivity contribution in [2.75, 3.05) is 32.7 Å². The van der Waals surface area contributed by atoms with Crippen LogP contribution in [0.25, 0.3) is 11.4 Å². The van der Waals surface area contributed by atoms with Crippen molar-refractivity contribution in [2.45, 2.75) is 13.5 Å². The Bertz CT molecular complexity index is 927. The van der Waals surface area contributed by atoms with E-state index < -0.39 is 0 Å². The summed E-state index contributed by atoms with van der Waals surface area (Å²) in [5.74, 6) is 1.15. The topological polar surface area (TPSA) is 41.4 Å². The number of aryl methyl sites for hydroxylation is 1. The Morgan fingerprint density at radius 2 is 1.75 bits per heavy atom. The fourth-order valence-corrected chi connectivity index (χ4v) is 3.72. The molecule has 0 aliphatic carbocycles. The van der Waals surface area contributed by atoms with Crippen LogP contribution in [0.5, 0.6) is 0 Å². The Labute approximate surface area is 166 Å². The Morgan fingerprint density at radius 1 is 0.964 bits per heavy atom. The first-order valence-electron chi connectivity index (χ1n) is 9.85. The van der Waals surface area contributed by atoms with E-state index in [0.29, 0.717) is 0 Å². The van der Waals surface area contributed by atoms with Gasteiger partial charge in [0.2, 0.25) is 0 Å². The number of hydrogen-bond acceptors (Lipinski definition) is 3. The van der Waals surface area contributed by atoms with Crippen LogP contribution in [0.15, 0.2) is 67.0 Å². The van der Waals surface area contributed by atoms with E-state index in [1.807, 2.05) is 66.7 Å². The maximum absolute atomic E-state index is 12.7. The molecular formula is C23H26N4O. The molecule has 1 aliphatic heterocycles. The number of nitrogens with zero attached hydrogens (tertiary/aromatic N) is 4. The minimum Gasteiger partial charge on any atom is -0.336 e.